The minimum absolute atomic E-state index is 0.0811. The molecule has 0 aliphatic carbocycles. The lowest BCUT2D eigenvalue weighted by Gasteiger charge is -2.14. The molecule has 1 amide bonds. The number of fused-ring (bicyclic) bond motifs is 1. The molecule has 0 fully saturated rings. The monoisotopic (exact) mass is 386 g/mol. The number of aryl methyl sites for hydroxylation is 1. The largest absolute Gasteiger partial charge is 0.418 e. The van der Waals surface area contributed by atoms with E-state index in [2.05, 4.69) is 10.4 Å². The SMILES string of the molecule is Cc1nc2c(C(F)(F)F)cccc2c(=O)n1NC(=O)Cc1ccc(C#N)cc1. The highest BCUT2D eigenvalue weighted by Gasteiger charge is 2.33. The number of rotatable bonds is 3. The quantitative estimate of drug-likeness (QED) is 0.750. The van der Waals surface area contributed by atoms with E-state index in [4.69, 9.17) is 5.26 Å². The number of alkyl halides is 3. The number of benzene rings is 2. The Bertz CT molecular complexity index is 1160. The molecule has 28 heavy (non-hydrogen) atoms. The van der Waals surface area contributed by atoms with Crippen molar-refractivity contribution in [1.29, 1.82) is 5.26 Å². The van der Waals surface area contributed by atoms with Crippen molar-refractivity contribution in [3.8, 4) is 6.07 Å². The highest BCUT2D eigenvalue weighted by Crippen LogP contribution is 2.32. The van der Waals surface area contributed by atoms with Crippen molar-refractivity contribution in [2.45, 2.75) is 19.5 Å². The van der Waals surface area contributed by atoms with Gasteiger partial charge in [-0.05, 0) is 36.8 Å². The summed E-state index contributed by atoms with van der Waals surface area (Å²) in [7, 11) is 0. The van der Waals surface area contributed by atoms with Crippen LogP contribution in [0, 0.1) is 18.3 Å². The number of carbonyl (C=O) groups is 1. The molecular formula is C19H13F3N4O2. The molecule has 2 aromatic carbocycles. The number of nitrogens with one attached hydrogen (secondary N) is 1. The number of nitriles is 1. The first-order valence-electron chi connectivity index (χ1n) is 8.09. The number of hydrogen-bond donors (Lipinski definition) is 1. The standard InChI is InChI=1S/C19H13F3N4O2/c1-11-24-17-14(3-2-4-15(17)19(20,21)22)18(28)26(11)25-16(27)9-12-5-7-13(10-23)8-6-12/h2-8H,9H2,1H3,(H,25,27). The summed E-state index contributed by atoms with van der Waals surface area (Å²) in [6, 6.07) is 11.5. The molecule has 142 valence electrons. The van der Waals surface area contributed by atoms with E-state index < -0.39 is 28.7 Å². The van der Waals surface area contributed by atoms with E-state index in [1.807, 2.05) is 6.07 Å². The lowest BCUT2D eigenvalue weighted by molar-refractivity contribution is -0.136. The fourth-order valence-corrected chi connectivity index (χ4v) is 2.72. The maximum Gasteiger partial charge on any atom is 0.418 e. The molecular weight excluding hydrogens is 373 g/mol. The Kier molecular flexibility index (Phi) is 4.88. The average Bonchev–Trinajstić information content (AvgIpc) is 2.64. The highest BCUT2D eigenvalue weighted by molar-refractivity contribution is 5.87. The zero-order chi connectivity index (χ0) is 20.5. The van der Waals surface area contributed by atoms with Crippen LogP contribution in [-0.4, -0.2) is 15.6 Å². The molecule has 0 radical (unpaired) electrons. The van der Waals surface area contributed by atoms with Gasteiger partial charge in [-0.3, -0.25) is 15.0 Å². The number of carbonyl (C=O) groups excluding carboxylic acids is 1. The average molecular weight is 386 g/mol. The second kappa shape index (κ2) is 7.15. The first kappa shape index (κ1) is 19.1. The van der Waals surface area contributed by atoms with Gasteiger partial charge in [0.25, 0.3) is 5.56 Å². The van der Waals surface area contributed by atoms with Crippen LogP contribution in [0.3, 0.4) is 0 Å². The van der Waals surface area contributed by atoms with Gasteiger partial charge in [-0.15, -0.1) is 0 Å². The molecule has 9 heteroatoms. The summed E-state index contributed by atoms with van der Waals surface area (Å²) in [6.45, 7) is 1.33. The van der Waals surface area contributed by atoms with Gasteiger partial charge in [-0.25, -0.2) is 9.66 Å². The molecule has 0 atom stereocenters. The fraction of sp³-hybridized carbons (Fsp3) is 0.158. The summed E-state index contributed by atoms with van der Waals surface area (Å²) in [5.41, 5.74) is 1.13. The number of aromatic nitrogens is 2. The van der Waals surface area contributed by atoms with Crippen LogP contribution >= 0.6 is 0 Å². The van der Waals surface area contributed by atoms with Gasteiger partial charge >= 0.3 is 6.18 Å². The Morgan fingerprint density at radius 1 is 1.21 bits per heavy atom. The minimum Gasteiger partial charge on any atom is -0.273 e. The number of halogens is 3. The molecule has 0 saturated heterocycles. The van der Waals surface area contributed by atoms with Crippen LogP contribution in [0.4, 0.5) is 13.2 Å². The van der Waals surface area contributed by atoms with Crippen molar-refractivity contribution in [1.82, 2.24) is 9.66 Å². The van der Waals surface area contributed by atoms with Gasteiger partial charge in [0, 0.05) is 0 Å². The Morgan fingerprint density at radius 3 is 2.50 bits per heavy atom. The predicted octanol–water partition coefficient (Wildman–Crippen LogP) is 2.91. The van der Waals surface area contributed by atoms with E-state index in [0.717, 1.165) is 16.8 Å². The second-order valence-electron chi connectivity index (χ2n) is 6.02. The van der Waals surface area contributed by atoms with Crippen molar-refractivity contribution in [2.75, 3.05) is 5.43 Å². The molecule has 0 bridgehead atoms. The number of amides is 1. The normalized spacial score (nSPS) is 11.2. The van der Waals surface area contributed by atoms with Gasteiger partial charge in [-0.2, -0.15) is 18.4 Å². The van der Waals surface area contributed by atoms with Gasteiger partial charge < -0.3 is 0 Å². The van der Waals surface area contributed by atoms with Crippen LogP contribution in [0.25, 0.3) is 10.9 Å². The predicted molar refractivity (Wildman–Crippen MR) is 95.0 cm³/mol. The third-order valence-electron chi connectivity index (χ3n) is 4.06. The molecule has 3 rings (SSSR count). The molecule has 0 aliphatic rings. The second-order valence-corrected chi connectivity index (χ2v) is 6.02. The minimum atomic E-state index is -4.66. The van der Waals surface area contributed by atoms with Crippen molar-refractivity contribution >= 4 is 16.8 Å². The summed E-state index contributed by atoms with van der Waals surface area (Å²) < 4.78 is 40.3. The lowest BCUT2D eigenvalue weighted by Crippen LogP contribution is -2.36. The first-order valence-corrected chi connectivity index (χ1v) is 8.09. The Morgan fingerprint density at radius 2 is 1.89 bits per heavy atom. The Hall–Kier alpha value is -3.67. The lowest BCUT2D eigenvalue weighted by atomic mass is 10.1. The van der Waals surface area contributed by atoms with Gasteiger partial charge in [-0.1, -0.05) is 18.2 Å². The highest BCUT2D eigenvalue weighted by atomic mass is 19.4. The smallest absolute Gasteiger partial charge is 0.273 e. The third kappa shape index (κ3) is 3.71. The van der Waals surface area contributed by atoms with Crippen LogP contribution in [0.1, 0.15) is 22.5 Å². The molecule has 0 spiro atoms. The van der Waals surface area contributed by atoms with Crippen LogP contribution in [-0.2, 0) is 17.4 Å². The van der Waals surface area contributed by atoms with E-state index in [1.54, 1.807) is 24.3 Å². The molecule has 0 aliphatic heterocycles. The first-order chi connectivity index (χ1) is 13.2. The zero-order valence-corrected chi connectivity index (χ0v) is 14.5. The number of nitrogens with zero attached hydrogens (tertiary/aromatic N) is 3. The van der Waals surface area contributed by atoms with Crippen LogP contribution in [0.2, 0.25) is 0 Å². The van der Waals surface area contributed by atoms with E-state index in [9.17, 15) is 22.8 Å². The molecule has 1 heterocycles. The van der Waals surface area contributed by atoms with E-state index in [1.165, 1.54) is 13.0 Å². The topological polar surface area (TPSA) is 87.8 Å². The van der Waals surface area contributed by atoms with E-state index in [-0.39, 0.29) is 17.6 Å². The van der Waals surface area contributed by atoms with E-state index >= 15 is 0 Å². The summed E-state index contributed by atoms with van der Waals surface area (Å²) in [5, 5.41) is 8.53. The zero-order valence-electron chi connectivity index (χ0n) is 14.5. The van der Waals surface area contributed by atoms with Crippen molar-refractivity contribution in [2.24, 2.45) is 0 Å². The van der Waals surface area contributed by atoms with Gasteiger partial charge in [0.05, 0.1) is 34.5 Å². The Labute approximate surface area is 156 Å². The molecule has 0 saturated carbocycles. The third-order valence-corrected chi connectivity index (χ3v) is 4.06. The summed E-state index contributed by atoms with van der Waals surface area (Å²) in [6.07, 6.45) is -4.74. The fourth-order valence-electron chi connectivity index (χ4n) is 2.72. The summed E-state index contributed by atoms with van der Waals surface area (Å²) >= 11 is 0. The molecule has 1 aromatic heterocycles. The Balaban J connectivity index is 1.94. The maximum absolute atomic E-state index is 13.1. The maximum atomic E-state index is 13.1. The van der Waals surface area contributed by atoms with Crippen LogP contribution in [0.5, 0.6) is 0 Å². The van der Waals surface area contributed by atoms with Crippen molar-refractivity contribution in [3.05, 3.63) is 75.3 Å². The van der Waals surface area contributed by atoms with Crippen molar-refractivity contribution < 1.29 is 18.0 Å². The van der Waals surface area contributed by atoms with E-state index in [0.29, 0.717) is 11.1 Å². The van der Waals surface area contributed by atoms with Gasteiger partial charge in [0.15, 0.2) is 0 Å². The number of hydrogen-bond acceptors (Lipinski definition) is 4. The molecule has 6 nitrogen and oxygen atoms in total. The van der Waals surface area contributed by atoms with Crippen LogP contribution in [0.15, 0.2) is 47.3 Å². The number of para-hydroxylation sites is 1. The summed E-state index contributed by atoms with van der Waals surface area (Å²) in [4.78, 5) is 28.7. The van der Waals surface area contributed by atoms with Gasteiger partial charge in [0.1, 0.15) is 5.82 Å². The molecule has 1 N–H and O–H groups in total. The molecule has 3 aromatic rings. The van der Waals surface area contributed by atoms with Crippen molar-refractivity contribution in [3.63, 3.8) is 0 Å². The molecule has 0 unspecified atom stereocenters. The van der Waals surface area contributed by atoms with Crippen LogP contribution < -0.4 is 11.0 Å². The summed E-state index contributed by atoms with van der Waals surface area (Å²) in [5.74, 6) is -0.634. The van der Waals surface area contributed by atoms with Gasteiger partial charge in [0.2, 0.25) is 5.91 Å².